The van der Waals surface area contributed by atoms with Crippen molar-refractivity contribution in [1.82, 2.24) is 4.90 Å². The highest BCUT2D eigenvalue weighted by molar-refractivity contribution is 5.96. The highest BCUT2D eigenvalue weighted by Crippen LogP contribution is 2.30. The Morgan fingerprint density at radius 1 is 1.12 bits per heavy atom. The Labute approximate surface area is 147 Å². The van der Waals surface area contributed by atoms with Gasteiger partial charge in [-0.1, -0.05) is 73.7 Å². The van der Waals surface area contributed by atoms with E-state index >= 15 is 0 Å². The summed E-state index contributed by atoms with van der Waals surface area (Å²) in [4.78, 5) is 26.3. The average Bonchev–Trinajstić information content (AvgIpc) is 3.04. The van der Waals surface area contributed by atoms with Crippen LogP contribution in [0.4, 0.5) is 4.79 Å². The number of carbonyl (C=O) groups is 2. The Morgan fingerprint density at radius 3 is 2.36 bits per heavy atom. The molecule has 1 saturated heterocycles. The molecule has 2 aromatic carbocycles. The van der Waals surface area contributed by atoms with E-state index in [-0.39, 0.29) is 18.6 Å². The third kappa shape index (κ3) is 3.63. The minimum atomic E-state index is -0.573. The van der Waals surface area contributed by atoms with Crippen molar-refractivity contribution in [1.29, 1.82) is 0 Å². The van der Waals surface area contributed by atoms with Crippen LogP contribution in [0.5, 0.6) is 0 Å². The molecule has 3 rings (SSSR count). The van der Waals surface area contributed by atoms with E-state index in [0.717, 1.165) is 16.7 Å². The molecule has 2 atom stereocenters. The van der Waals surface area contributed by atoms with Gasteiger partial charge in [0.05, 0.1) is 5.92 Å². The standard InChI is InChI=1S/C21H21NO3/c1-15(17-9-5-3-6-10-17)13-16(2)20(23)22-19(14-25-21(22)24)18-11-7-4-8-12-18/h3-13,16,19H,14H2,1-2H3/b15-13+/t16-,19-/m0/s1. The average molecular weight is 335 g/mol. The van der Waals surface area contributed by atoms with E-state index in [0.29, 0.717) is 0 Å². The molecule has 0 spiro atoms. The van der Waals surface area contributed by atoms with E-state index < -0.39 is 12.0 Å². The highest BCUT2D eigenvalue weighted by Gasteiger charge is 2.40. The van der Waals surface area contributed by atoms with Crippen LogP contribution in [0.1, 0.15) is 31.0 Å². The van der Waals surface area contributed by atoms with Gasteiger partial charge < -0.3 is 4.74 Å². The second kappa shape index (κ2) is 7.34. The van der Waals surface area contributed by atoms with Gasteiger partial charge in [-0.15, -0.1) is 0 Å². The molecule has 0 saturated carbocycles. The van der Waals surface area contributed by atoms with Gasteiger partial charge in [-0.2, -0.15) is 0 Å². The summed E-state index contributed by atoms with van der Waals surface area (Å²) in [5, 5.41) is 0. The molecule has 1 fully saturated rings. The zero-order chi connectivity index (χ0) is 17.8. The van der Waals surface area contributed by atoms with Gasteiger partial charge in [-0.05, 0) is 23.6 Å². The Balaban J connectivity index is 1.82. The summed E-state index contributed by atoms with van der Waals surface area (Å²) < 4.78 is 5.14. The maximum Gasteiger partial charge on any atom is 0.417 e. The first-order chi connectivity index (χ1) is 12.1. The van der Waals surface area contributed by atoms with Crippen molar-refractivity contribution in [2.75, 3.05) is 6.61 Å². The largest absolute Gasteiger partial charge is 0.446 e. The molecule has 0 bridgehead atoms. The molecule has 0 aromatic heterocycles. The topological polar surface area (TPSA) is 46.6 Å². The van der Waals surface area contributed by atoms with E-state index in [1.54, 1.807) is 0 Å². The third-order valence-corrected chi connectivity index (χ3v) is 4.41. The lowest BCUT2D eigenvalue weighted by molar-refractivity contribution is -0.131. The Morgan fingerprint density at radius 2 is 1.72 bits per heavy atom. The molecule has 2 amide bonds. The molecule has 1 aliphatic rings. The maximum atomic E-state index is 12.9. The van der Waals surface area contributed by atoms with E-state index in [9.17, 15) is 9.59 Å². The van der Waals surface area contributed by atoms with Gasteiger partial charge in [-0.3, -0.25) is 4.79 Å². The molecular weight excluding hydrogens is 314 g/mol. The first kappa shape index (κ1) is 17.0. The third-order valence-electron chi connectivity index (χ3n) is 4.41. The number of carbonyl (C=O) groups excluding carboxylic acids is 2. The first-order valence-corrected chi connectivity index (χ1v) is 8.36. The molecule has 0 unspecified atom stereocenters. The van der Waals surface area contributed by atoms with E-state index in [2.05, 4.69) is 0 Å². The fourth-order valence-corrected chi connectivity index (χ4v) is 3.05. The number of allylic oxidation sites excluding steroid dienone is 1. The lowest BCUT2D eigenvalue weighted by Crippen LogP contribution is -2.37. The van der Waals surface area contributed by atoms with Crippen LogP contribution in [-0.2, 0) is 9.53 Å². The minimum absolute atomic E-state index is 0.197. The summed E-state index contributed by atoms with van der Waals surface area (Å²) in [7, 11) is 0. The number of ether oxygens (including phenoxy) is 1. The van der Waals surface area contributed by atoms with Crippen molar-refractivity contribution < 1.29 is 14.3 Å². The molecule has 2 aromatic rings. The summed E-state index contributed by atoms with van der Waals surface area (Å²) in [6, 6.07) is 19.0. The second-order valence-corrected chi connectivity index (χ2v) is 6.22. The number of amides is 2. The molecular formula is C21H21NO3. The van der Waals surface area contributed by atoms with Gasteiger partial charge in [0.15, 0.2) is 0 Å². The van der Waals surface area contributed by atoms with Crippen molar-refractivity contribution in [3.05, 3.63) is 77.9 Å². The number of hydrogen-bond acceptors (Lipinski definition) is 3. The van der Waals surface area contributed by atoms with Crippen LogP contribution in [-0.4, -0.2) is 23.5 Å². The molecule has 128 valence electrons. The number of cyclic esters (lactones) is 1. The molecule has 4 heteroatoms. The molecule has 0 N–H and O–H groups in total. The van der Waals surface area contributed by atoms with Gasteiger partial charge >= 0.3 is 6.09 Å². The lowest BCUT2D eigenvalue weighted by Gasteiger charge is -2.22. The maximum absolute atomic E-state index is 12.9. The minimum Gasteiger partial charge on any atom is -0.446 e. The quantitative estimate of drug-likeness (QED) is 0.829. The molecule has 0 aliphatic carbocycles. The van der Waals surface area contributed by atoms with Gasteiger partial charge in [-0.25, -0.2) is 9.69 Å². The van der Waals surface area contributed by atoms with Gasteiger partial charge in [0, 0.05) is 0 Å². The van der Waals surface area contributed by atoms with Crippen LogP contribution in [0.15, 0.2) is 66.7 Å². The summed E-state index contributed by atoms with van der Waals surface area (Å²) in [6.07, 6.45) is 1.32. The van der Waals surface area contributed by atoms with Crippen LogP contribution in [0.2, 0.25) is 0 Å². The number of nitrogens with zero attached hydrogens (tertiary/aromatic N) is 1. The molecule has 1 heterocycles. The van der Waals surface area contributed by atoms with Crippen molar-refractivity contribution in [2.24, 2.45) is 5.92 Å². The Bertz CT molecular complexity index is 783. The SMILES string of the molecule is C/C(=C\[C@H](C)C(=O)N1C(=O)OC[C@H]1c1ccccc1)c1ccccc1. The molecule has 4 nitrogen and oxygen atoms in total. The zero-order valence-electron chi connectivity index (χ0n) is 14.4. The van der Waals surface area contributed by atoms with Crippen LogP contribution in [0.25, 0.3) is 5.57 Å². The van der Waals surface area contributed by atoms with Gasteiger partial charge in [0.1, 0.15) is 12.6 Å². The molecule has 0 radical (unpaired) electrons. The Kier molecular flexibility index (Phi) is 4.98. The molecule has 1 aliphatic heterocycles. The Hall–Kier alpha value is -2.88. The zero-order valence-corrected chi connectivity index (χ0v) is 14.4. The van der Waals surface area contributed by atoms with Crippen LogP contribution >= 0.6 is 0 Å². The van der Waals surface area contributed by atoms with E-state index in [1.807, 2.05) is 80.6 Å². The number of imide groups is 1. The monoisotopic (exact) mass is 335 g/mol. The summed E-state index contributed by atoms with van der Waals surface area (Å²) in [5.41, 5.74) is 2.97. The van der Waals surface area contributed by atoms with Crippen LogP contribution in [0, 0.1) is 5.92 Å². The summed E-state index contributed by atoms with van der Waals surface area (Å²) in [6.45, 7) is 3.97. The second-order valence-electron chi connectivity index (χ2n) is 6.22. The van der Waals surface area contributed by atoms with Gasteiger partial charge in [0.25, 0.3) is 0 Å². The summed E-state index contributed by atoms with van der Waals surface area (Å²) >= 11 is 0. The van der Waals surface area contributed by atoms with Crippen LogP contribution < -0.4 is 0 Å². The number of hydrogen-bond donors (Lipinski definition) is 0. The first-order valence-electron chi connectivity index (χ1n) is 8.36. The molecule has 25 heavy (non-hydrogen) atoms. The number of benzene rings is 2. The van der Waals surface area contributed by atoms with Crippen molar-refractivity contribution in [3.8, 4) is 0 Å². The fraction of sp³-hybridized carbons (Fsp3) is 0.238. The summed E-state index contributed by atoms with van der Waals surface area (Å²) in [5.74, 6) is -0.663. The highest BCUT2D eigenvalue weighted by atomic mass is 16.6. The fourth-order valence-electron chi connectivity index (χ4n) is 3.05. The van der Waals surface area contributed by atoms with Crippen molar-refractivity contribution in [2.45, 2.75) is 19.9 Å². The van der Waals surface area contributed by atoms with E-state index in [1.165, 1.54) is 4.90 Å². The normalized spacial score (nSPS) is 18.8. The predicted octanol–water partition coefficient (Wildman–Crippen LogP) is 4.45. The predicted molar refractivity (Wildman–Crippen MR) is 96.6 cm³/mol. The van der Waals surface area contributed by atoms with Crippen molar-refractivity contribution in [3.63, 3.8) is 0 Å². The van der Waals surface area contributed by atoms with E-state index in [4.69, 9.17) is 4.74 Å². The smallest absolute Gasteiger partial charge is 0.417 e. The van der Waals surface area contributed by atoms with Gasteiger partial charge in [0.2, 0.25) is 5.91 Å². The lowest BCUT2D eigenvalue weighted by atomic mass is 10.00. The number of rotatable bonds is 4. The van der Waals surface area contributed by atoms with Crippen LogP contribution in [0.3, 0.4) is 0 Å². The van der Waals surface area contributed by atoms with Crippen molar-refractivity contribution >= 4 is 17.6 Å².